The van der Waals surface area contributed by atoms with Gasteiger partial charge in [-0.1, -0.05) is 34.2 Å². The van der Waals surface area contributed by atoms with Crippen molar-refractivity contribution in [3.63, 3.8) is 0 Å². The highest BCUT2D eigenvalue weighted by Crippen LogP contribution is 2.29. The van der Waals surface area contributed by atoms with Gasteiger partial charge >= 0.3 is 0 Å². The van der Waals surface area contributed by atoms with Gasteiger partial charge in [0.25, 0.3) is 0 Å². The number of halogens is 1. The molecule has 1 aliphatic rings. The molecule has 0 radical (unpaired) electrons. The molecule has 0 aromatic heterocycles. The summed E-state index contributed by atoms with van der Waals surface area (Å²) in [4.78, 5) is 0. The first-order valence-electron chi connectivity index (χ1n) is 7.16. The molecule has 1 aromatic rings. The number of rotatable bonds is 5. The first-order chi connectivity index (χ1) is 9.72. The van der Waals surface area contributed by atoms with Crippen molar-refractivity contribution < 1.29 is 4.74 Å². The van der Waals surface area contributed by atoms with Crippen molar-refractivity contribution in [1.29, 1.82) is 0 Å². The number of fused-ring (bicyclic) bond motifs is 1. The quantitative estimate of drug-likeness (QED) is 0.812. The summed E-state index contributed by atoms with van der Waals surface area (Å²) in [5.41, 5.74) is 2.62. The summed E-state index contributed by atoms with van der Waals surface area (Å²) in [6.45, 7) is 5.91. The minimum absolute atomic E-state index is 0.271. The maximum absolute atomic E-state index is 6.04. The normalized spacial score (nSPS) is 18.9. The minimum atomic E-state index is 0.271. The Hall–Kier alpha value is -1.06. The van der Waals surface area contributed by atoms with E-state index in [9.17, 15) is 0 Å². The monoisotopic (exact) mass is 335 g/mol. The van der Waals surface area contributed by atoms with Crippen LogP contribution in [0.1, 0.15) is 25.8 Å². The van der Waals surface area contributed by atoms with Gasteiger partial charge in [-0.15, -0.1) is 0 Å². The molecule has 2 rings (SSSR count). The molecule has 0 bridgehead atoms. The van der Waals surface area contributed by atoms with Crippen molar-refractivity contribution in [3.8, 4) is 5.75 Å². The van der Waals surface area contributed by atoms with Crippen LogP contribution in [-0.2, 0) is 6.42 Å². The summed E-state index contributed by atoms with van der Waals surface area (Å²) < 4.78 is 7.17. The lowest BCUT2D eigenvalue weighted by atomic mass is 10.0. The topological polar surface area (TPSA) is 21.3 Å². The molecule has 0 spiro atoms. The van der Waals surface area contributed by atoms with E-state index < -0.39 is 0 Å². The highest BCUT2D eigenvalue weighted by molar-refractivity contribution is 9.10. The maximum atomic E-state index is 6.04. The van der Waals surface area contributed by atoms with Crippen molar-refractivity contribution in [1.82, 2.24) is 5.32 Å². The van der Waals surface area contributed by atoms with E-state index in [0.29, 0.717) is 0 Å². The van der Waals surface area contributed by atoms with Gasteiger partial charge in [0.1, 0.15) is 11.9 Å². The van der Waals surface area contributed by atoms with Crippen LogP contribution in [0.3, 0.4) is 0 Å². The van der Waals surface area contributed by atoms with Gasteiger partial charge in [0.15, 0.2) is 0 Å². The third kappa shape index (κ3) is 4.22. The summed E-state index contributed by atoms with van der Waals surface area (Å²) in [6.07, 6.45) is 8.79. The number of aryl methyl sites for hydroxylation is 1. The molecule has 1 heterocycles. The predicted molar refractivity (Wildman–Crippen MR) is 88.3 cm³/mol. The molecule has 1 atom stereocenters. The average Bonchev–Trinajstić information content (AvgIpc) is 2.46. The third-order valence-corrected chi connectivity index (χ3v) is 4.00. The predicted octanol–water partition coefficient (Wildman–Crippen LogP) is 4.25. The van der Waals surface area contributed by atoms with Gasteiger partial charge in [-0.3, -0.25) is 0 Å². The van der Waals surface area contributed by atoms with Gasteiger partial charge in [-0.05, 0) is 56.0 Å². The highest BCUT2D eigenvalue weighted by atomic mass is 79.9. The molecule has 3 heteroatoms. The summed E-state index contributed by atoms with van der Waals surface area (Å²) in [5, 5.41) is 3.48. The van der Waals surface area contributed by atoms with Crippen LogP contribution in [0.15, 0.2) is 46.5 Å². The molecule has 1 unspecified atom stereocenters. The highest BCUT2D eigenvalue weighted by Gasteiger charge is 2.19. The van der Waals surface area contributed by atoms with Crippen LogP contribution >= 0.6 is 15.9 Å². The van der Waals surface area contributed by atoms with Gasteiger partial charge < -0.3 is 10.1 Å². The molecule has 20 heavy (non-hydrogen) atoms. The molecular weight excluding hydrogens is 314 g/mol. The van der Waals surface area contributed by atoms with E-state index in [-0.39, 0.29) is 6.10 Å². The number of benzene rings is 1. The molecule has 0 amide bonds. The Bertz CT molecular complexity index is 508. The molecule has 2 nitrogen and oxygen atoms in total. The second kappa shape index (κ2) is 7.65. The number of hydrogen-bond acceptors (Lipinski definition) is 2. The lowest BCUT2D eigenvalue weighted by Gasteiger charge is -2.26. The van der Waals surface area contributed by atoms with Gasteiger partial charge in [0.2, 0.25) is 0 Å². The molecule has 1 aliphatic heterocycles. The van der Waals surface area contributed by atoms with Gasteiger partial charge in [0, 0.05) is 17.6 Å². The Labute approximate surface area is 130 Å². The van der Waals surface area contributed by atoms with Crippen molar-refractivity contribution in [3.05, 3.63) is 52.0 Å². The van der Waals surface area contributed by atoms with E-state index in [2.05, 4.69) is 58.5 Å². The maximum Gasteiger partial charge on any atom is 0.123 e. The van der Waals surface area contributed by atoms with E-state index in [0.717, 1.165) is 36.2 Å². The third-order valence-electron chi connectivity index (χ3n) is 3.50. The van der Waals surface area contributed by atoms with Crippen LogP contribution in [0.4, 0.5) is 0 Å². The van der Waals surface area contributed by atoms with Crippen molar-refractivity contribution in [2.75, 3.05) is 13.1 Å². The second-order valence-corrected chi connectivity index (χ2v) is 5.94. The number of allylic oxidation sites excluding steroid dienone is 2. The van der Waals surface area contributed by atoms with E-state index >= 15 is 0 Å². The summed E-state index contributed by atoms with van der Waals surface area (Å²) in [5.74, 6) is 1.03. The number of hydrogen-bond donors (Lipinski definition) is 1. The second-order valence-electron chi connectivity index (χ2n) is 5.03. The Kier molecular flexibility index (Phi) is 5.86. The van der Waals surface area contributed by atoms with E-state index in [1.807, 2.05) is 13.0 Å². The zero-order valence-electron chi connectivity index (χ0n) is 12.2. The molecule has 0 saturated heterocycles. The Morgan fingerprint density at radius 1 is 1.45 bits per heavy atom. The zero-order chi connectivity index (χ0) is 14.4. The van der Waals surface area contributed by atoms with Crippen molar-refractivity contribution in [2.24, 2.45) is 0 Å². The van der Waals surface area contributed by atoms with Gasteiger partial charge in [-0.25, -0.2) is 0 Å². The van der Waals surface area contributed by atoms with E-state index in [4.69, 9.17) is 4.74 Å². The van der Waals surface area contributed by atoms with Crippen molar-refractivity contribution in [2.45, 2.75) is 32.8 Å². The Morgan fingerprint density at radius 2 is 2.30 bits per heavy atom. The smallest absolute Gasteiger partial charge is 0.123 e. The molecule has 1 N–H and O–H groups in total. The summed E-state index contributed by atoms with van der Waals surface area (Å²) in [6, 6.07) is 6.25. The lowest BCUT2D eigenvalue weighted by molar-refractivity contribution is 0.172. The fraction of sp³-hybridized carbons (Fsp3) is 0.412. The molecule has 0 aliphatic carbocycles. The van der Waals surface area contributed by atoms with Gasteiger partial charge in [0.05, 0.1) is 0 Å². The van der Waals surface area contributed by atoms with Gasteiger partial charge in [-0.2, -0.15) is 0 Å². The molecule has 1 aromatic carbocycles. The molecule has 0 fully saturated rings. The minimum Gasteiger partial charge on any atom is -0.489 e. The Morgan fingerprint density at radius 3 is 3.05 bits per heavy atom. The fourth-order valence-electron chi connectivity index (χ4n) is 2.41. The molecule has 108 valence electrons. The fourth-order valence-corrected chi connectivity index (χ4v) is 2.81. The summed E-state index contributed by atoms with van der Waals surface area (Å²) in [7, 11) is 0. The summed E-state index contributed by atoms with van der Waals surface area (Å²) >= 11 is 3.51. The van der Waals surface area contributed by atoms with Crippen LogP contribution in [0, 0.1) is 0 Å². The Balaban J connectivity index is 1.83. The number of ether oxygens (including phenoxy) is 1. The standard InChI is InChI=1S/C17H22BrNO/c1-3-5-13(4-2)11-19-12-16-8-6-14-10-15(18)7-9-17(14)20-16/h3-5,7,9-10,16,19H,6,8,11-12H2,1-2H3/b5-3-,13-4+. The van der Waals surface area contributed by atoms with E-state index in [1.165, 1.54) is 11.1 Å². The molecule has 0 saturated carbocycles. The first kappa shape index (κ1) is 15.3. The van der Waals surface area contributed by atoms with E-state index in [1.54, 1.807) is 0 Å². The first-order valence-corrected chi connectivity index (χ1v) is 7.96. The lowest BCUT2D eigenvalue weighted by Crippen LogP contribution is -2.34. The largest absolute Gasteiger partial charge is 0.489 e. The zero-order valence-corrected chi connectivity index (χ0v) is 13.7. The van der Waals surface area contributed by atoms with Crippen LogP contribution in [0.25, 0.3) is 0 Å². The number of nitrogens with one attached hydrogen (secondary N) is 1. The molecular formula is C17H22BrNO. The van der Waals surface area contributed by atoms with Crippen LogP contribution in [0.2, 0.25) is 0 Å². The average molecular weight is 336 g/mol. The van der Waals surface area contributed by atoms with Crippen molar-refractivity contribution >= 4 is 15.9 Å². The van der Waals surface area contributed by atoms with Crippen LogP contribution < -0.4 is 10.1 Å². The van der Waals surface area contributed by atoms with Crippen LogP contribution in [-0.4, -0.2) is 19.2 Å². The van der Waals surface area contributed by atoms with Crippen LogP contribution in [0.5, 0.6) is 5.75 Å². The SMILES string of the molecule is C/C=C\C(=C/C)CNCC1CCc2cc(Br)ccc2O1.